The zero-order valence-corrected chi connectivity index (χ0v) is 24.3. The number of aromatic nitrogens is 2. The molecule has 1 aliphatic carbocycles. The third kappa shape index (κ3) is 6.37. The van der Waals surface area contributed by atoms with Gasteiger partial charge in [-0.2, -0.15) is 13.2 Å². The van der Waals surface area contributed by atoms with Gasteiger partial charge in [-0.15, -0.1) is 13.2 Å². The van der Waals surface area contributed by atoms with Crippen LogP contribution >= 0.6 is 0 Å². The molecule has 8 nitrogen and oxygen atoms in total. The molecular formula is C31H28F7N3O5. The van der Waals surface area contributed by atoms with Gasteiger partial charge in [-0.05, 0) is 36.8 Å². The Hall–Kier alpha value is -4.27. The maximum Gasteiger partial charge on any atom is 0.573 e. The summed E-state index contributed by atoms with van der Waals surface area (Å²) in [5.41, 5.74) is -0.442. The molecule has 4 aromatic rings. The number of aryl methyl sites for hydroxylation is 1. The van der Waals surface area contributed by atoms with Crippen molar-refractivity contribution in [3.05, 3.63) is 65.5 Å². The summed E-state index contributed by atoms with van der Waals surface area (Å²) in [5.74, 6) is -4.62. The van der Waals surface area contributed by atoms with E-state index in [9.17, 15) is 36.2 Å². The number of aromatic carboxylic acids is 1. The maximum absolute atomic E-state index is 15.9. The molecule has 246 valence electrons. The van der Waals surface area contributed by atoms with Gasteiger partial charge in [-0.3, -0.25) is 0 Å². The molecule has 0 radical (unpaired) electrons. The normalized spacial score (nSPS) is 19.9. The van der Waals surface area contributed by atoms with E-state index in [1.165, 1.54) is 24.4 Å². The first-order valence-electron chi connectivity index (χ1n) is 14.4. The zero-order chi connectivity index (χ0) is 33.0. The molecule has 2 aromatic heterocycles. The predicted molar refractivity (Wildman–Crippen MR) is 150 cm³/mol. The average molecular weight is 656 g/mol. The number of alkyl halides is 7. The molecule has 6 rings (SSSR count). The molecule has 46 heavy (non-hydrogen) atoms. The van der Waals surface area contributed by atoms with Crippen molar-refractivity contribution in [3.63, 3.8) is 0 Å². The van der Waals surface area contributed by atoms with E-state index in [-0.39, 0.29) is 47.4 Å². The van der Waals surface area contributed by atoms with Crippen LogP contribution in [0, 0.1) is 5.92 Å². The summed E-state index contributed by atoms with van der Waals surface area (Å²) in [5, 5.41) is 13.8. The molecule has 1 saturated heterocycles. The Morgan fingerprint density at radius 3 is 2.48 bits per heavy atom. The van der Waals surface area contributed by atoms with Crippen LogP contribution in [0.5, 0.6) is 5.75 Å². The summed E-state index contributed by atoms with van der Waals surface area (Å²) in [6, 6.07) is 10.3. The van der Waals surface area contributed by atoms with Gasteiger partial charge in [-0.25, -0.2) is 9.18 Å². The van der Waals surface area contributed by atoms with Crippen LogP contribution in [0.2, 0.25) is 0 Å². The molecule has 1 saturated carbocycles. The average Bonchev–Trinajstić information content (AvgIpc) is 3.59. The minimum atomic E-state index is -5.04. The molecular weight excluding hydrogens is 627 g/mol. The van der Waals surface area contributed by atoms with E-state index in [4.69, 9.17) is 9.26 Å². The fraction of sp³-hybridized carbons (Fsp3) is 0.419. The van der Waals surface area contributed by atoms with Crippen LogP contribution in [0.1, 0.15) is 46.9 Å². The smallest absolute Gasteiger partial charge is 0.478 e. The SMILES string of the molecule is Cn1cc(C(=O)O)c2ccc(N3CCC(F)(COCc4c(-c5ccccc5OC(F)(F)F)noc4C4CC4C(F)(F)F)CC3)cc21. The maximum atomic E-state index is 15.9. The number of carboxylic acids is 1. The molecule has 1 N–H and O–H groups in total. The molecule has 0 spiro atoms. The largest absolute Gasteiger partial charge is 0.573 e. The number of fused-ring (bicyclic) bond motifs is 1. The van der Waals surface area contributed by atoms with Crippen LogP contribution in [0.3, 0.4) is 0 Å². The monoisotopic (exact) mass is 655 g/mol. The lowest BCUT2D eigenvalue weighted by atomic mass is 9.93. The van der Waals surface area contributed by atoms with Crippen LogP contribution in [-0.2, 0) is 18.4 Å². The van der Waals surface area contributed by atoms with Crippen LogP contribution < -0.4 is 9.64 Å². The van der Waals surface area contributed by atoms with E-state index >= 15 is 4.39 Å². The number of piperidine rings is 1. The van der Waals surface area contributed by atoms with E-state index in [0.717, 1.165) is 11.8 Å². The molecule has 0 amide bonds. The molecule has 2 atom stereocenters. The fourth-order valence-electron chi connectivity index (χ4n) is 6.07. The highest BCUT2D eigenvalue weighted by Gasteiger charge is 2.58. The van der Waals surface area contributed by atoms with Crippen molar-refractivity contribution in [2.75, 3.05) is 24.6 Å². The minimum Gasteiger partial charge on any atom is -0.478 e. The zero-order valence-electron chi connectivity index (χ0n) is 24.3. The van der Waals surface area contributed by atoms with Gasteiger partial charge in [0.2, 0.25) is 0 Å². The Labute approximate surface area is 257 Å². The van der Waals surface area contributed by atoms with Crippen molar-refractivity contribution in [2.45, 2.75) is 50.0 Å². The number of hydrogen-bond donors (Lipinski definition) is 1. The number of hydrogen-bond acceptors (Lipinski definition) is 6. The number of para-hydroxylation sites is 1. The highest BCUT2D eigenvalue weighted by atomic mass is 19.4. The molecule has 2 aromatic carbocycles. The van der Waals surface area contributed by atoms with Gasteiger partial charge in [0.05, 0.1) is 30.2 Å². The van der Waals surface area contributed by atoms with E-state index in [2.05, 4.69) is 9.89 Å². The second-order valence-corrected chi connectivity index (χ2v) is 11.7. The lowest BCUT2D eigenvalue weighted by Crippen LogP contribution is -2.44. The first kappa shape index (κ1) is 31.7. The summed E-state index contributed by atoms with van der Waals surface area (Å²) >= 11 is 0. The number of anilines is 1. The fourth-order valence-corrected chi connectivity index (χ4v) is 6.07. The molecule has 2 fully saturated rings. The molecule has 15 heteroatoms. The Kier molecular flexibility index (Phi) is 7.93. The van der Waals surface area contributed by atoms with Crippen molar-refractivity contribution in [2.24, 2.45) is 13.0 Å². The Morgan fingerprint density at radius 2 is 1.83 bits per heavy atom. The van der Waals surface area contributed by atoms with E-state index in [0.29, 0.717) is 24.0 Å². The van der Waals surface area contributed by atoms with Gasteiger partial charge in [-0.1, -0.05) is 17.3 Å². The van der Waals surface area contributed by atoms with Crippen molar-refractivity contribution < 1.29 is 54.6 Å². The Balaban J connectivity index is 1.17. The summed E-state index contributed by atoms with van der Waals surface area (Å²) in [7, 11) is 1.74. The number of rotatable bonds is 9. The van der Waals surface area contributed by atoms with Gasteiger partial charge < -0.3 is 28.6 Å². The molecule has 2 unspecified atom stereocenters. The van der Waals surface area contributed by atoms with E-state index < -0.39 is 55.0 Å². The summed E-state index contributed by atoms with van der Waals surface area (Å²) in [4.78, 5) is 13.5. The van der Waals surface area contributed by atoms with Crippen molar-refractivity contribution in [1.29, 1.82) is 0 Å². The molecule has 3 heterocycles. The second kappa shape index (κ2) is 11.5. The van der Waals surface area contributed by atoms with Crippen LogP contribution in [-0.4, -0.2) is 58.7 Å². The number of carbonyl (C=O) groups is 1. The van der Waals surface area contributed by atoms with Crippen LogP contribution in [0.25, 0.3) is 22.2 Å². The number of halogens is 7. The molecule has 1 aliphatic heterocycles. The number of nitrogens with zero attached hydrogens (tertiary/aromatic N) is 3. The van der Waals surface area contributed by atoms with Crippen molar-refractivity contribution >= 4 is 22.6 Å². The summed E-state index contributed by atoms with van der Waals surface area (Å²) < 4.78 is 112. The lowest BCUT2D eigenvalue weighted by Gasteiger charge is -2.37. The van der Waals surface area contributed by atoms with Gasteiger partial charge in [0.15, 0.2) is 0 Å². The second-order valence-electron chi connectivity index (χ2n) is 11.7. The molecule has 2 aliphatic rings. The summed E-state index contributed by atoms with van der Waals surface area (Å²) in [6.07, 6.45) is -8.18. The third-order valence-corrected chi connectivity index (χ3v) is 8.57. The van der Waals surface area contributed by atoms with E-state index in [1.807, 2.05) is 11.0 Å². The first-order valence-corrected chi connectivity index (χ1v) is 14.4. The minimum absolute atomic E-state index is 0.00705. The van der Waals surface area contributed by atoms with Gasteiger partial charge in [0.1, 0.15) is 22.9 Å². The van der Waals surface area contributed by atoms with Crippen LogP contribution in [0.4, 0.5) is 36.4 Å². The highest BCUT2D eigenvalue weighted by molar-refractivity contribution is 6.04. The highest BCUT2D eigenvalue weighted by Crippen LogP contribution is 2.57. The van der Waals surface area contributed by atoms with Crippen molar-refractivity contribution in [3.8, 4) is 17.0 Å². The predicted octanol–water partition coefficient (Wildman–Crippen LogP) is 7.62. The van der Waals surface area contributed by atoms with E-state index in [1.54, 1.807) is 23.7 Å². The molecule has 0 bridgehead atoms. The summed E-state index contributed by atoms with van der Waals surface area (Å²) in [6.45, 7) is -0.246. The standard InChI is InChI=1S/C31H28F7N3O5/c1-40-14-21(28(42)43)18-7-6-17(12-24(18)40)41-10-8-29(32,9-11-41)16-44-15-22-26(19-4-2-3-5-25(19)45-31(36,37)38)39-46-27(22)20-13-23(20)30(33,34)35/h2-7,12,14,20,23H,8-11,13,15-16H2,1H3,(H,42,43). The van der Waals surface area contributed by atoms with Crippen LogP contribution in [0.15, 0.2) is 53.2 Å². The Morgan fingerprint density at radius 1 is 1.11 bits per heavy atom. The third-order valence-electron chi connectivity index (χ3n) is 8.57. The van der Waals surface area contributed by atoms with Gasteiger partial charge in [0.25, 0.3) is 0 Å². The topological polar surface area (TPSA) is 90.0 Å². The number of ether oxygens (including phenoxy) is 2. The van der Waals surface area contributed by atoms with Gasteiger partial charge in [0, 0.05) is 67.3 Å². The number of benzene rings is 2. The number of carboxylic acid groups (broad SMARTS) is 1. The first-order chi connectivity index (χ1) is 21.6. The van der Waals surface area contributed by atoms with Gasteiger partial charge >= 0.3 is 18.5 Å². The lowest BCUT2D eigenvalue weighted by molar-refractivity contribution is -0.274. The quantitative estimate of drug-likeness (QED) is 0.186. The van der Waals surface area contributed by atoms with Crippen molar-refractivity contribution in [1.82, 2.24) is 9.72 Å². The Bertz CT molecular complexity index is 1760.